The summed E-state index contributed by atoms with van der Waals surface area (Å²) in [4.78, 5) is 4.33. The Morgan fingerprint density at radius 1 is 1.45 bits per heavy atom. The Balaban J connectivity index is 1.86. The number of hydrogen-bond acceptors (Lipinski definition) is 3. The van der Waals surface area contributed by atoms with Gasteiger partial charge in [0.25, 0.3) is 0 Å². The van der Waals surface area contributed by atoms with E-state index >= 15 is 0 Å². The fourth-order valence-electron chi connectivity index (χ4n) is 3.50. The molecule has 1 spiro atoms. The Labute approximate surface area is 122 Å². The Kier molecular flexibility index (Phi) is 5.27. The molecule has 0 heterocycles. The third-order valence-corrected chi connectivity index (χ3v) is 4.77. The van der Waals surface area contributed by atoms with Gasteiger partial charge >= 0.3 is 0 Å². The molecule has 2 fully saturated rings. The second-order valence-corrected chi connectivity index (χ2v) is 6.04. The van der Waals surface area contributed by atoms with Crippen LogP contribution in [0.2, 0.25) is 0 Å². The van der Waals surface area contributed by atoms with Crippen LogP contribution in [0.4, 0.5) is 0 Å². The maximum atomic E-state index is 5.88. The molecule has 3 atom stereocenters. The smallest absolute Gasteiger partial charge is 0.191 e. The molecular weight excluding hydrogens is 254 g/mol. The van der Waals surface area contributed by atoms with Gasteiger partial charge in [0.1, 0.15) is 0 Å². The summed E-state index contributed by atoms with van der Waals surface area (Å²) in [6, 6.07) is 0.750. The minimum atomic E-state index is 0.256. The van der Waals surface area contributed by atoms with Crippen LogP contribution in [-0.4, -0.2) is 51.5 Å². The number of ether oxygens (including phenoxy) is 2. The maximum absolute atomic E-state index is 5.88. The second-order valence-electron chi connectivity index (χ2n) is 6.04. The molecule has 0 aromatic heterocycles. The molecule has 0 radical (unpaired) electrons. The third-order valence-electron chi connectivity index (χ3n) is 4.77. The normalized spacial score (nSPS) is 29.5. The van der Waals surface area contributed by atoms with Crippen LogP contribution in [-0.2, 0) is 9.47 Å². The highest BCUT2D eigenvalue weighted by atomic mass is 16.5. The Morgan fingerprint density at radius 2 is 2.20 bits per heavy atom. The Hall–Kier alpha value is -0.810. The van der Waals surface area contributed by atoms with Crippen LogP contribution in [0.25, 0.3) is 0 Å². The quantitative estimate of drug-likeness (QED) is 0.573. The number of nitrogens with zero attached hydrogens (tertiary/aromatic N) is 1. The largest absolute Gasteiger partial charge is 0.383 e. The van der Waals surface area contributed by atoms with E-state index < -0.39 is 0 Å². The van der Waals surface area contributed by atoms with E-state index in [0.29, 0.717) is 24.2 Å². The van der Waals surface area contributed by atoms with Crippen molar-refractivity contribution < 1.29 is 9.47 Å². The van der Waals surface area contributed by atoms with Crippen molar-refractivity contribution in [2.75, 3.05) is 27.4 Å². The molecule has 0 saturated heterocycles. The van der Waals surface area contributed by atoms with Gasteiger partial charge in [-0.2, -0.15) is 0 Å². The second kappa shape index (κ2) is 6.76. The van der Waals surface area contributed by atoms with Crippen molar-refractivity contribution in [1.82, 2.24) is 10.6 Å². The van der Waals surface area contributed by atoms with Crippen LogP contribution in [0.3, 0.4) is 0 Å². The van der Waals surface area contributed by atoms with E-state index in [4.69, 9.17) is 9.47 Å². The fourth-order valence-corrected chi connectivity index (χ4v) is 3.50. The van der Waals surface area contributed by atoms with E-state index in [1.165, 1.54) is 19.3 Å². The molecule has 2 rings (SSSR count). The van der Waals surface area contributed by atoms with Crippen molar-refractivity contribution in [2.24, 2.45) is 10.4 Å². The summed E-state index contributed by atoms with van der Waals surface area (Å²) in [5, 5.41) is 6.95. The number of methoxy groups -OCH3 is 1. The topological polar surface area (TPSA) is 54.9 Å². The van der Waals surface area contributed by atoms with Crippen LogP contribution < -0.4 is 10.6 Å². The first-order chi connectivity index (χ1) is 9.66. The molecule has 0 aliphatic heterocycles. The van der Waals surface area contributed by atoms with Gasteiger partial charge in [0.05, 0.1) is 12.7 Å². The predicted octanol–water partition coefficient (Wildman–Crippen LogP) is 1.53. The minimum absolute atomic E-state index is 0.256. The van der Waals surface area contributed by atoms with E-state index in [9.17, 15) is 0 Å². The Morgan fingerprint density at radius 3 is 2.70 bits per heavy atom. The zero-order valence-corrected chi connectivity index (χ0v) is 13.2. The summed E-state index contributed by atoms with van der Waals surface area (Å²) in [7, 11) is 3.54. The molecule has 2 saturated carbocycles. The lowest BCUT2D eigenvalue weighted by Gasteiger charge is -2.61. The standard InChI is InChI=1S/C15H29N3O2/c1-5-20-13-9-12(15(13)7-6-8-15)18-14(16-3)17-11(2)10-19-4/h11-13H,5-10H2,1-4H3,(H2,16,17,18). The number of aliphatic imine (C=N–C) groups is 1. The van der Waals surface area contributed by atoms with Crippen LogP contribution in [0, 0.1) is 5.41 Å². The van der Waals surface area contributed by atoms with E-state index in [2.05, 4.69) is 29.5 Å². The molecule has 0 amide bonds. The van der Waals surface area contributed by atoms with Crippen molar-refractivity contribution in [1.29, 1.82) is 0 Å². The number of guanidine groups is 1. The van der Waals surface area contributed by atoms with Gasteiger partial charge < -0.3 is 20.1 Å². The van der Waals surface area contributed by atoms with Gasteiger partial charge in [0.2, 0.25) is 0 Å². The van der Waals surface area contributed by atoms with Gasteiger partial charge in [-0.1, -0.05) is 6.42 Å². The molecule has 2 N–H and O–H groups in total. The maximum Gasteiger partial charge on any atom is 0.191 e. The average Bonchev–Trinajstić information content (AvgIpc) is 2.34. The lowest BCUT2D eigenvalue weighted by atomic mass is 9.51. The SMILES string of the molecule is CCOC1CC(NC(=NC)NC(C)COC)C12CCC2. The van der Waals surface area contributed by atoms with E-state index in [0.717, 1.165) is 19.0 Å². The minimum Gasteiger partial charge on any atom is -0.383 e. The number of nitrogens with one attached hydrogen (secondary N) is 2. The summed E-state index contributed by atoms with van der Waals surface area (Å²) in [5.74, 6) is 0.876. The lowest BCUT2D eigenvalue weighted by Crippen LogP contribution is -2.69. The summed E-state index contributed by atoms with van der Waals surface area (Å²) < 4.78 is 11.0. The fraction of sp³-hybridized carbons (Fsp3) is 0.933. The van der Waals surface area contributed by atoms with E-state index in [1.807, 2.05) is 7.05 Å². The van der Waals surface area contributed by atoms with Crippen LogP contribution >= 0.6 is 0 Å². The monoisotopic (exact) mass is 283 g/mol. The highest BCUT2D eigenvalue weighted by molar-refractivity contribution is 5.80. The summed E-state index contributed by atoms with van der Waals surface area (Å²) in [6.07, 6.45) is 5.41. The van der Waals surface area contributed by atoms with Crippen molar-refractivity contribution in [3.05, 3.63) is 0 Å². The third kappa shape index (κ3) is 2.93. The van der Waals surface area contributed by atoms with Gasteiger partial charge in [-0.3, -0.25) is 4.99 Å². The zero-order valence-electron chi connectivity index (χ0n) is 13.2. The number of rotatable bonds is 6. The highest BCUT2D eigenvalue weighted by Gasteiger charge is 2.59. The molecule has 0 aromatic carbocycles. The molecule has 5 heteroatoms. The molecule has 3 unspecified atom stereocenters. The predicted molar refractivity (Wildman–Crippen MR) is 81.1 cm³/mol. The lowest BCUT2D eigenvalue weighted by molar-refractivity contribution is -0.168. The van der Waals surface area contributed by atoms with Crippen molar-refractivity contribution >= 4 is 5.96 Å². The molecule has 5 nitrogen and oxygen atoms in total. The van der Waals surface area contributed by atoms with Crippen LogP contribution in [0.5, 0.6) is 0 Å². The molecule has 2 aliphatic rings. The first-order valence-corrected chi connectivity index (χ1v) is 7.76. The highest BCUT2D eigenvalue weighted by Crippen LogP contribution is 2.57. The molecule has 20 heavy (non-hydrogen) atoms. The first kappa shape index (κ1) is 15.6. The first-order valence-electron chi connectivity index (χ1n) is 7.76. The van der Waals surface area contributed by atoms with Crippen LogP contribution in [0.1, 0.15) is 39.5 Å². The summed E-state index contributed by atoms with van der Waals surface area (Å²) in [6.45, 7) is 5.67. The van der Waals surface area contributed by atoms with Gasteiger partial charge in [0.15, 0.2) is 5.96 Å². The van der Waals surface area contributed by atoms with Crippen molar-refractivity contribution in [3.8, 4) is 0 Å². The summed E-state index contributed by atoms with van der Waals surface area (Å²) >= 11 is 0. The van der Waals surface area contributed by atoms with Gasteiger partial charge in [-0.25, -0.2) is 0 Å². The molecule has 0 aromatic rings. The molecule has 2 aliphatic carbocycles. The van der Waals surface area contributed by atoms with E-state index in [1.54, 1.807) is 7.11 Å². The van der Waals surface area contributed by atoms with Crippen LogP contribution in [0.15, 0.2) is 4.99 Å². The molecule has 116 valence electrons. The van der Waals surface area contributed by atoms with E-state index in [-0.39, 0.29) is 6.04 Å². The van der Waals surface area contributed by atoms with Gasteiger partial charge in [0, 0.05) is 38.3 Å². The average molecular weight is 283 g/mol. The van der Waals surface area contributed by atoms with Gasteiger partial charge in [-0.05, 0) is 33.1 Å². The van der Waals surface area contributed by atoms with Crippen molar-refractivity contribution in [3.63, 3.8) is 0 Å². The molecule has 0 bridgehead atoms. The number of hydrogen-bond donors (Lipinski definition) is 2. The molecular formula is C15H29N3O2. The zero-order chi connectivity index (χ0) is 14.6. The summed E-state index contributed by atoms with van der Waals surface area (Å²) in [5.41, 5.74) is 0.359. The van der Waals surface area contributed by atoms with Crippen molar-refractivity contribution in [2.45, 2.75) is 57.7 Å². The van der Waals surface area contributed by atoms with Gasteiger partial charge in [-0.15, -0.1) is 0 Å². The Bertz CT molecular complexity index is 342.